The molecule has 0 atom stereocenters. The fraction of sp³-hybridized carbons (Fsp3) is 0.158. The lowest BCUT2D eigenvalue weighted by molar-refractivity contribution is 0.867. The third kappa shape index (κ3) is 2.87. The number of nitrogens with zero attached hydrogens (tertiary/aromatic N) is 7. The Balaban J connectivity index is 1.75. The molecular formula is C19H15ClN8OS. The molecule has 0 radical (unpaired) electrons. The second kappa shape index (κ2) is 7.22. The number of pyridine rings is 1. The van der Waals surface area contributed by atoms with Crippen LogP contribution in [0.1, 0.15) is 12.6 Å². The summed E-state index contributed by atoms with van der Waals surface area (Å²) >= 11 is 7.42. The van der Waals surface area contributed by atoms with Gasteiger partial charge in [0.15, 0.2) is 11.2 Å². The molecule has 150 valence electrons. The molecule has 0 saturated heterocycles. The van der Waals surface area contributed by atoms with Crippen molar-refractivity contribution < 1.29 is 0 Å². The number of fused-ring (bicyclic) bond motifs is 3. The van der Waals surface area contributed by atoms with Gasteiger partial charge in [-0.2, -0.15) is 10.1 Å². The van der Waals surface area contributed by atoms with E-state index in [2.05, 4.69) is 25.4 Å². The normalized spacial score (nSPS) is 11.6. The molecule has 1 aromatic carbocycles. The summed E-state index contributed by atoms with van der Waals surface area (Å²) in [7, 11) is 0. The number of aryl methyl sites for hydroxylation is 1. The summed E-state index contributed by atoms with van der Waals surface area (Å²) in [5, 5.41) is 21.3. The van der Waals surface area contributed by atoms with Crippen LogP contribution in [0.3, 0.4) is 0 Å². The van der Waals surface area contributed by atoms with Crippen molar-refractivity contribution in [2.75, 3.05) is 6.26 Å². The smallest absolute Gasteiger partial charge is 0.266 e. The summed E-state index contributed by atoms with van der Waals surface area (Å²) in [6.07, 6.45) is 4.20. The largest absolute Gasteiger partial charge is 0.287 e. The number of hydrogen-bond donors (Lipinski definition) is 1. The molecule has 30 heavy (non-hydrogen) atoms. The van der Waals surface area contributed by atoms with Gasteiger partial charge in [-0.25, -0.2) is 9.61 Å². The summed E-state index contributed by atoms with van der Waals surface area (Å²) in [5.74, 6) is 0.324. The van der Waals surface area contributed by atoms with E-state index in [0.717, 1.165) is 16.8 Å². The number of H-pyrrole nitrogens is 1. The fourth-order valence-electron chi connectivity index (χ4n) is 3.36. The maximum Gasteiger partial charge on any atom is 0.287 e. The highest BCUT2D eigenvalue weighted by atomic mass is 35.5. The van der Waals surface area contributed by atoms with E-state index in [1.807, 2.05) is 37.4 Å². The number of halogens is 1. The molecule has 5 aromatic rings. The molecule has 4 heterocycles. The van der Waals surface area contributed by atoms with Gasteiger partial charge < -0.3 is 0 Å². The van der Waals surface area contributed by atoms with Gasteiger partial charge in [-0.3, -0.25) is 9.36 Å². The molecule has 1 N–H and O–H groups in total. The van der Waals surface area contributed by atoms with Crippen molar-refractivity contribution in [1.82, 2.24) is 39.6 Å². The number of rotatable bonds is 4. The Hall–Kier alpha value is -3.24. The van der Waals surface area contributed by atoms with Crippen LogP contribution in [-0.2, 0) is 6.42 Å². The minimum Gasteiger partial charge on any atom is -0.266 e. The zero-order valence-corrected chi connectivity index (χ0v) is 17.6. The number of hydrogen-bond acceptors (Lipinski definition) is 7. The molecule has 0 unspecified atom stereocenters. The molecule has 0 aliphatic carbocycles. The fourth-order valence-corrected chi connectivity index (χ4v) is 3.80. The van der Waals surface area contributed by atoms with Gasteiger partial charge in [0.25, 0.3) is 5.56 Å². The summed E-state index contributed by atoms with van der Waals surface area (Å²) in [5.41, 5.74) is 3.69. The van der Waals surface area contributed by atoms with Gasteiger partial charge in [-0.05, 0) is 36.4 Å². The third-order valence-electron chi connectivity index (χ3n) is 4.78. The molecule has 5 rings (SSSR count). The van der Waals surface area contributed by atoms with Crippen molar-refractivity contribution in [1.29, 1.82) is 0 Å². The molecule has 4 aromatic heterocycles. The number of aromatic nitrogens is 8. The highest BCUT2D eigenvalue weighted by Gasteiger charge is 2.19. The zero-order chi connectivity index (χ0) is 20.8. The third-order valence-corrected chi connectivity index (χ3v) is 5.58. The Morgan fingerprint density at radius 1 is 1.17 bits per heavy atom. The summed E-state index contributed by atoms with van der Waals surface area (Å²) in [4.78, 5) is 17.3. The van der Waals surface area contributed by atoms with Crippen molar-refractivity contribution in [3.8, 4) is 17.1 Å². The topological polar surface area (TPSA) is 107 Å². The molecule has 0 aliphatic heterocycles. The van der Waals surface area contributed by atoms with Crippen molar-refractivity contribution in [2.24, 2.45) is 0 Å². The van der Waals surface area contributed by atoms with Gasteiger partial charge in [0, 0.05) is 11.2 Å². The lowest BCUT2D eigenvalue weighted by Gasteiger charge is -2.04. The first kappa shape index (κ1) is 18.8. The van der Waals surface area contributed by atoms with Crippen LogP contribution in [0.2, 0.25) is 5.02 Å². The Labute approximate surface area is 179 Å². The van der Waals surface area contributed by atoms with Gasteiger partial charge in [0.1, 0.15) is 5.52 Å². The average molecular weight is 439 g/mol. The molecule has 0 aliphatic rings. The predicted molar refractivity (Wildman–Crippen MR) is 115 cm³/mol. The molecule has 0 bridgehead atoms. The second-order valence-electron chi connectivity index (χ2n) is 6.49. The van der Waals surface area contributed by atoms with E-state index < -0.39 is 0 Å². The van der Waals surface area contributed by atoms with E-state index >= 15 is 0 Å². The van der Waals surface area contributed by atoms with Crippen LogP contribution in [0.15, 0.2) is 46.5 Å². The average Bonchev–Trinajstić information content (AvgIpc) is 3.39. The van der Waals surface area contributed by atoms with Crippen molar-refractivity contribution in [3.63, 3.8) is 0 Å². The summed E-state index contributed by atoms with van der Waals surface area (Å²) < 4.78 is 3.03. The number of benzene rings is 1. The van der Waals surface area contributed by atoms with E-state index in [0.29, 0.717) is 33.7 Å². The summed E-state index contributed by atoms with van der Waals surface area (Å²) in [6, 6.07) is 9.28. The van der Waals surface area contributed by atoms with Crippen molar-refractivity contribution >= 4 is 40.0 Å². The predicted octanol–water partition coefficient (Wildman–Crippen LogP) is 3.15. The highest BCUT2D eigenvalue weighted by molar-refractivity contribution is 7.98. The molecule has 0 fully saturated rings. The Morgan fingerprint density at radius 2 is 1.97 bits per heavy atom. The van der Waals surface area contributed by atoms with Crippen LogP contribution >= 0.6 is 23.4 Å². The minimum absolute atomic E-state index is 0.194. The number of thioether (sulfide) groups is 1. The van der Waals surface area contributed by atoms with Crippen LogP contribution in [-0.4, -0.2) is 45.8 Å². The standard InChI is InChI=1S/C19H15ClN8OS/c1-3-12-14(10-4-6-11(20)7-5-10)16-23-22-15-13(28(16)26-12)8-9-27(17(15)29)18-21-19(30-2)25-24-18/h4-9H,3H2,1-2H3,(H,21,24,25). The SMILES string of the molecule is CCc1nn2c(nnc3c(=O)n(-c4nc(SC)n[nH]4)ccc32)c1-c1ccc(Cl)cc1. The first-order valence-corrected chi connectivity index (χ1v) is 10.7. The first-order valence-electron chi connectivity index (χ1n) is 9.13. The monoisotopic (exact) mass is 438 g/mol. The van der Waals surface area contributed by atoms with E-state index in [1.165, 1.54) is 16.3 Å². The Kier molecular flexibility index (Phi) is 4.52. The maximum atomic E-state index is 13.0. The Bertz CT molecular complexity index is 1450. The van der Waals surface area contributed by atoms with Crippen molar-refractivity contribution in [2.45, 2.75) is 18.5 Å². The van der Waals surface area contributed by atoms with Gasteiger partial charge in [-0.15, -0.1) is 15.3 Å². The molecule has 0 saturated carbocycles. The van der Waals surface area contributed by atoms with Crippen LogP contribution in [0.4, 0.5) is 0 Å². The maximum absolute atomic E-state index is 13.0. The quantitative estimate of drug-likeness (QED) is 0.429. The van der Waals surface area contributed by atoms with Gasteiger partial charge in [0.05, 0.1) is 11.3 Å². The Morgan fingerprint density at radius 3 is 2.67 bits per heavy atom. The highest BCUT2D eigenvalue weighted by Crippen LogP contribution is 2.29. The van der Waals surface area contributed by atoms with Crippen LogP contribution in [0, 0.1) is 0 Å². The lowest BCUT2D eigenvalue weighted by Crippen LogP contribution is -2.21. The van der Waals surface area contributed by atoms with Crippen molar-refractivity contribution in [3.05, 3.63) is 57.6 Å². The lowest BCUT2D eigenvalue weighted by atomic mass is 10.0. The van der Waals surface area contributed by atoms with Gasteiger partial charge >= 0.3 is 0 Å². The zero-order valence-electron chi connectivity index (χ0n) is 16.0. The first-order chi connectivity index (χ1) is 14.6. The van der Waals surface area contributed by atoms with E-state index in [1.54, 1.807) is 16.8 Å². The molecule has 0 spiro atoms. The molecule has 9 nitrogen and oxygen atoms in total. The van der Waals surface area contributed by atoms with Gasteiger partial charge in [-0.1, -0.05) is 42.4 Å². The van der Waals surface area contributed by atoms with Crippen LogP contribution in [0.5, 0.6) is 0 Å². The molecule has 11 heteroatoms. The van der Waals surface area contributed by atoms with E-state index in [9.17, 15) is 4.79 Å². The molecular weight excluding hydrogens is 424 g/mol. The minimum atomic E-state index is -0.354. The van der Waals surface area contributed by atoms with Gasteiger partial charge in [0.2, 0.25) is 11.1 Å². The second-order valence-corrected chi connectivity index (χ2v) is 7.70. The summed E-state index contributed by atoms with van der Waals surface area (Å²) in [6.45, 7) is 2.02. The van der Waals surface area contributed by atoms with Crippen LogP contribution in [0.25, 0.3) is 33.8 Å². The van der Waals surface area contributed by atoms with E-state index in [-0.39, 0.29) is 11.1 Å². The molecule has 0 amide bonds. The number of nitrogens with one attached hydrogen (secondary N) is 1. The number of aromatic amines is 1. The van der Waals surface area contributed by atoms with E-state index in [4.69, 9.17) is 16.7 Å². The van der Waals surface area contributed by atoms with Crippen LogP contribution < -0.4 is 5.56 Å².